The van der Waals surface area contributed by atoms with E-state index in [1.807, 2.05) is 0 Å². The summed E-state index contributed by atoms with van der Waals surface area (Å²) in [7, 11) is 1.29. The van der Waals surface area contributed by atoms with E-state index >= 15 is 0 Å². The van der Waals surface area contributed by atoms with Crippen LogP contribution in [0.1, 0.15) is 21.5 Å². The summed E-state index contributed by atoms with van der Waals surface area (Å²) in [6.07, 6.45) is 2.74. The number of non-ortho nitro benzene ring substituents is 1. The van der Waals surface area contributed by atoms with Gasteiger partial charge in [0, 0.05) is 23.9 Å². The lowest BCUT2D eigenvalue weighted by Crippen LogP contribution is -2.11. The van der Waals surface area contributed by atoms with E-state index in [2.05, 4.69) is 5.32 Å². The number of ether oxygens (including phenoxy) is 1. The highest BCUT2D eigenvalue weighted by Gasteiger charge is 2.12. The van der Waals surface area contributed by atoms with Crippen molar-refractivity contribution in [1.29, 1.82) is 0 Å². The average molecular weight is 340 g/mol. The first-order valence-corrected chi connectivity index (χ1v) is 7.34. The molecule has 2 rings (SSSR count). The number of nitrogens with one attached hydrogen (secondary N) is 1. The van der Waals surface area contributed by atoms with E-state index in [1.54, 1.807) is 37.3 Å². The Balaban J connectivity index is 2.14. The molecule has 0 saturated carbocycles. The molecule has 2 aromatic rings. The zero-order chi connectivity index (χ0) is 18.4. The summed E-state index contributed by atoms with van der Waals surface area (Å²) in [5, 5.41) is 13.4. The number of benzene rings is 2. The largest absolute Gasteiger partial charge is 0.465 e. The van der Waals surface area contributed by atoms with E-state index in [1.165, 1.54) is 31.4 Å². The average Bonchev–Trinajstić information content (AvgIpc) is 2.61. The number of nitrogens with zero attached hydrogens (tertiary/aromatic N) is 1. The van der Waals surface area contributed by atoms with Crippen LogP contribution in [-0.2, 0) is 9.53 Å². The van der Waals surface area contributed by atoms with Crippen molar-refractivity contribution in [3.05, 3.63) is 75.3 Å². The fourth-order valence-corrected chi connectivity index (χ4v) is 2.19. The van der Waals surface area contributed by atoms with Gasteiger partial charge in [0.05, 0.1) is 17.6 Å². The Hall–Kier alpha value is -3.48. The van der Waals surface area contributed by atoms with Crippen molar-refractivity contribution in [2.75, 3.05) is 12.4 Å². The zero-order valence-electron chi connectivity index (χ0n) is 13.7. The topological polar surface area (TPSA) is 98.5 Å². The van der Waals surface area contributed by atoms with Gasteiger partial charge in [-0.2, -0.15) is 0 Å². The maximum absolute atomic E-state index is 12.1. The van der Waals surface area contributed by atoms with Gasteiger partial charge < -0.3 is 10.1 Å². The molecule has 0 saturated heterocycles. The van der Waals surface area contributed by atoms with Crippen molar-refractivity contribution in [1.82, 2.24) is 0 Å². The molecule has 0 aliphatic carbocycles. The lowest BCUT2D eigenvalue weighted by atomic mass is 10.1. The van der Waals surface area contributed by atoms with Crippen LogP contribution in [-0.4, -0.2) is 23.9 Å². The summed E-state index contributed by atoms with van der Waals surface area (Å²) in [6.45, 7) is 1.70. The van der Waals surface area contributed by atoms with Crippen LogP contribution in [0.15, 0.2) is 48.5 Å². The number of methoxy groups -OCH3 is 1. The number of nitro groups is 1. The number of hydrogen-bond acceptors (Lipinski definition) is 5. The summed E-state index contributed by atoms with van der Waals surface area (Å²) in [6, 6.07) is 10.8. The molecule has 0 unspecified atom stereocenters. The van der Waals surface area contributed by atoms with Gasteiger partial charge in [0.15, 0.2) is 0 Å². The number of hydrogen-bond donors (Lipinski definition) is 1. The number of esters is 1. The summed E-state index contributed by atoms with van der Waals surface area (Å²) in [5.74, 6) is -0.905. The Morgan fingerprint density at radius 1 is 1.20 bits per heavy atom. The number of anilines is 1. The van der Waals surface area contributed by atoms with E-state index in [-0.39, 0.29) is 5.69 Å². The van der Waals surface area contributed by atoms with Crippen molar-refractivity contribution < 1.29 is 19.2 Å². The molecular weight excluding hydrogens is 324 g/mol. The van der Waals surface area contributed by atoms with E-state index in [0.29, 0.717) is 22.4 Å². The monoisotopic (exact) mass is 340 g/mol. The summed E-state index contributed by atoms with van der Waals surface area (Å²) >= 11 is 0. The molecule has 128 valence electrons. The number of rotatable bonds is 5. The third-order valence-corrected chi connectivity index (χ3v) is 3.51. The Morgan fingerprint density at radius 2 is 1.92 bits per heavy atom. The van der Waals surface area contributed by atoms with E-state index < -0.39 is 16.8 Å². The Bertz CT molecular complexity index is 858. The molecule has 0 heterocycles. The van der Waals surface area contributed by atoms with Crippen LogP contribution in [0.25, 0.3) is 6.08 Å². The Morgan fingerprint density at radius 3 is 2.60 bits per heavy atom. The molecule has 0 radical (unpaired) electrons. The van der Waals surface area contributed by atoms with Gasteiger partial charge in [-0.3, -0.25) is 14.9 Å². The molecule has 1 amide bonds. The van der Waals surface area contributed by atoms with Gasteiger partial charge in [-0.05, 0) is 36.3 Å². The second-order valence-electron chi connectivity index (χ2n) is 5.14. The lowest BCUT2D eigenvalue weighted by molar-refractivity contribution is -0.384. The van der Waals surface area contributed by atoms with Gasteiger partial charge in [-0.25, -0.2) is 4.79 Å². The van der Waals surface area contributed by atoms with Crippen molar-refractivity contribution >= 4 is 29.3 Å². The second-order valence-corrected chi connectivity index (χ2v) is 5.14. The van der Waals surface area contributed by atoms with E-state index in [9.17, 15) is 19.7 Å². The summed E-state index contributed by atoms with van der Waals surface area (Å²) < 4.78 is 4.69. The first-order valence-electron chi connectivity index (χ1n) is 7.34. The van der Waals surface area contributed by atoms with Gasteiger partial charge in [0.25, 0.3) is 5.69 Å². The maximum atomic E-state index is 12.1. The highest BCUT2D eigenvalue weighted by Crippen LogP contribution is 2.20. The molecular formula is C18H16N2O5. The third-order valence-electron chi connectivity index (χ3n) is 3.51. The summed E-state index contributed by atoms with van der Waals surface area (Å²) in [5.41, 5.74) is 1.92. The SMILES string of the molecule is COC(=O)c1cccc(NC(=O)C=Cc2cccc([N+](=O)[O-])c2)c1C. The molecule has 0 bridgehead atoms. The molecule has 0 spiro atoms. The first-order chi connectivity index (χ1) is 11.9. The molecule has 0 atom stereocenters. The quantitative estimate of drug-likeness (QED) is 0.389. The van der Waals surface area contributed by atoms with Crippen molar-refractivity contribution in [3.8, 4) is 0 Å². The molecule has 0 fully saturated rings. The van der Waals surface area contributed by atoms with Gasteiger partial charge in [-0.1, -0.05) is 18.2 Å². The predicted molar refractivity (Wildman–Crippen MR) is 93.3 cm³/mol. The van der Waals surface area contributed by atoms with Crippen molar-refractivity contribution in [2.24, 2.45) is 0 Å². The van der Waals surface area contributed by atoms with Crippen LogP contribution in [0.2, 0.25) is 0 Å². The molecule has 0 aromatic heterocycles. The highest BCUT2D eigenvalue weighted by atomic mass is 16.6. The Labute approximate surface area is 144 Å². The minimum absolute atomic E-state index is 0.0517. The third kappa shape index (κ3) is 4.51. The molecule has 0 aliphatic heterocycles. The number of amides is 1. The molecule has 0 aliphatic rings. The lowest BCUT2D eigenvalue weighted by Gasteiger charge is -2.10. The number of nitro benzene ring substituents is 1. The van der Waals surface area contributed by atoms with Crippen molar-refractivity contribution in [2.45, 2.75) is 6.92 Å². The smallest absolute Gasteiger partial charge is 0.338 e. The fourth-order valence-electron chi connectivity index (χ4n) is 2.19. The number of carbonyl (C=O) groups is 2. The van der Waals surface area contributed by atoms with E-state index in [4.69, 9.17) is 4.74 Å². The molecule has 1 N–H and O–H groups in total. The molecule has 7 nitrogen and oxygen atoms in total. The van der Waals surface area contributed by atoms with Crippen LogP contribution in [0, 0.1) is 17.0 Å². The minimum Gasteiger partial charge on any atom is -0.465 e. The van der Waals surface area contributed by atoms with Gasteiger partial charge in [0.2, 0.25) is 5.91 Å². The molecule has 25 heavy (non-hydrogen) atoms. The van der Waals surface area contributed by atoms with E-state index in [0.717, 1.165) is 0 Å². The first kappa shape index (κ1) is 17.9. The van der Waals surface area contributed by atoms with Crippen LogP contribution < -0.4 is 5.32 Å². The van der Waals surface area contributed by atoms with Crippen LogP contribution in [0.5, 0.6) is 0 Å². The number of carbonyl (C=O) groups excluding carboxylic acids is 2. The minimum atomic E-state index is -0.501. The standard InChI is InChI=1S/C18H16N2O5/c1-12-15(18(22)25-2)7-4-8-16(12)19-17(21)10-9-13-5-3-6-14(11-13)20(23)24/h3-11H,1-2H3,(H,19,21). The van der Waals surface area contributed by atoms with Gasteiger partial charge in [0.1, 0.15) is 0 Å². The predicted octanol–water partition coefficient (Wildman–Crippen LogP) is 3.34. The van der Waals surface area contributed by atoms with Crippen LogP contribution in [0.4, 0.5) is 11.4 Å². The maximum Gasteiger partial charge on any atom is 0.338 e. The fraction of sp³-hybridized carbons (Fsp3) is 0.111. The molecule has 7 heteroatoms. The normalized spacial score (nSPS) is 10.5. The Kier molecular flexibility index (Phi) is 5.62. The van der Waals surface area contributed by atoms with Gasteiger partial charge >= 0.3 is 5.97 Å². The van der Waals surface area contributed by atoms with Crippen LogP contribution in [0.3, 0.4) is 0 Å². The highest BCUT2D eigenvalue weighted by molar-refractivity contribution is 6.03. The zero-order valence-corrected chi connectivity index (χ0v) is 13.7. The van der Waals surface area contributed by atoms with Gasteiger partial charge in [-0.15, -0.1) is 0 Å². The summed E-state index contributed by atoms with van der Waals surface area (Å²) in [4.78, 5) is 34.0. The molecule has 2 aromatic carbocycles. The van der Waals surface area contributed by atoms with Crippen molar-refractivity contribution in [3.63, 3.8) is 0 Å². The van der Waals surface area contributed by atoms with Crippen LogP contribution >= 0.6 is 0 Å². The second kappa shape index (κ2) is 7.87.